The Bertz CT molecular complexity index is 819. The number of terminal acetylenes is 1. The molecule has 2 aliphatic rings. The van der Waals surface area contributed by atoms with Crippen LogP contribution in [0.1, 0.15) is 37.7 Å². The van der Waals surface area contributed by atoms with Crippen LogP contribution in [-0.4, -0.2) is 34.7 Å². The van der Waals surface area contributed by atoms with Crippen LogP contribution in [0.4, 0.5) is 4.39 Å². The fourth-order valence-electron chi connectivity index (χ4n) is 2.80. The van der Waals surface area contributed by atoms with Gasteiger partial charge in [-0.3, -0.25) is 9.59 Å². The molecule has 0 radical (unpaired) electrons. The number of rotatable bonds is 8. The summed E-state index contributed by atoms with van der Waals surface area (Å²) in [6.07, 6.45) is 7.62. The minimum Gasteiger partial charge on any atom is -0.351 e. The van der Waals surface area contributed by atoms with Crippen molar-refractivity contribution in [2.75, 3.05) is 6.54 Å². The number of carbonyl (C=O) groups excluding carboxylic acids is 2. The van der Waals surface area contributed by atoms with E-state index >= 15 is 0 Å². The Morgan fingerprint density at radius 3 is 2.67 bits per heavy atom. The van der Waals surface area contributed by atoms with Crippen LogP contribution in [0.5, 0.6) is 0 Å². The van der Waals surface area contributed by atoms with Crippen LogP contribution in [0.25, 0.3) is 0 Å². The van der Waals surface area contributed by atoms with Crippen LogP contribution < -0.4 is 5.32 Å². The van der Waals surface area contributed by atoms with Crippen molar-refractivity contribution in [3.05, 3.63) is 35.6 Å². The van der Waals surface area contributed by atoms with Gasteiger partial charge in [0.25, 0.3) is 5.91 Å². The van der Waals surface area contributed by atoms with Crippen molar-refractivity contribution in [2.24, 2.45) is 15.3 Å². The minimum atomic E-state index is -0.446. The maximum Gasteiger partial charge on any atom is 0.267 e. The smallest absolute Gasteiger partial charge is 0.267 e. The van der Waals surface area contributed by atoms with E-state index in [0.717, 1.165) is 5.56 Å². The summed E-state index contributed by atoms with van der Waals surface area (Å²) < 4.78 is 13.0. The monoisotopic (exact) mass is 369 g/mol. The summed E-state index contributed by atoms with van der Waals surface area (Å²) in [7, 11) is 0. The molecular formula is C19H20FN5O2. The number of carbonyl (C=O) groups is 2. The number of hydrogen-bond donors (Lipinski definition) is 1. The van der Waals surface area contributed by atoms with Gasteiger partial charge in [-0.25, -0.2) is 9.40 Å². The first-order chi connectivity index (χ1) is 13.0. The normalized spacial score (nSPS) is 17.3. The van der Waals surface area contributed by atoms with Crippen molar-refractivity contribution >= 4 is 17.5 Å². The first-order valence-electron chi connectivity index (χ1n) is 8.79. The molecule has 1 aromatic rings. The molecule has 2 aliphatic heterocycles. The van der Waals surface area contributed by atoms with E-state index in [1.807, 2.05) is 0 Å². The van der Waals surface area contributed by atoms with Gasteiger partial charge in [-0.15, -0.1) is 12.3 Å². The molecule has 1 N–H and O–H groups in total. The van der Waals surface area contributed by atoms with Crippen LogP contribution in [0.2, 0.25) is 0 Å². The van der Waals surface area contributed by atoms with Crippen LogP contribution >= 0.6 is 0 Å². The fourth-order valence-corrected chi connectivity index (χ4v) is 2.80. The lowest BCUT2D eigenvalue weighted by Gasteiger charge is -2.23. The molecule has 0 atom stereocenters. The third-order valence-electron chi connectivity index (χ3n) is 4.48. The van der Waals surface area contributed by atoms with E-state index < -0.39 is 5.66 Å². The fraction of sp³-hybridized carbons (Fsp3) is 0.421. The Kier molecular flexibility index (Phi) is 5.60. The maximum atomic E-state index is 13.0. The van der Waals surface area contributed by atoms with Gasteiger partial charge in [0.1, 0.15) is 11.5 Å². The Morgan fingerprint density at radius 1 is 1.26 bits per heavy atom. The van der Waals surface area contributed by atoms with Crippen molar-refractivity contribution in [1.29, 1.82) is 0 Å². The van der Waals surface area contributed by atoms with Crippen molar-refractivity contribution < 1.29 is 14.0 Å². The molecular weight excluding hydrogens is 349 g/mol. The van der Waals surface area contributed by atoms with Crippen LogP contribution in [0.3, 0.4) is 0 Å². The molecule has 0 saturated carbocycles. The molecule has 7 nitrogen and oxygen atoms in total. The number of amides is 2. The first-order valence-corrected chi connectivity index (χ1v) is 8.79. The third-order valence-corrected chi connectivity index (χ3v) is 4.48. The highest BCUT2D eigenvalue weighted by Crippen LogP contribution is 2.36. The van der Waals surface area contributed by atoms with E-state index in [-0.39, 0.29) is 30.6 Å². The summed E-state index contributed by atoms with van der Waals surface area (Å²) in [4.78, 5) is 24.4. The maximum absolute atomic E-state index is 13.0. The predicted octanol–water partition coefficient (Wildman–Crippen LogP) is 2.39. The van der Waals surface area contributed by atoms with Crippen molar-refractivity contribution in [3.8, 4) is 12.3 Å². The summed E-state index contributed by atoms with van der Waals surface area (Å²) in [6, 6.07) is 5.83. The van der Waals surface area contributed by atoms with Gasteiger partial charge in [-0.2, -0.15) is 15.3 Å². The standard InChI is InChI=1S/C19H20FN5O2/c1-2-3-10-19(23-24-19)11-12-21-18(27)16-8-9-17(26)25(22-16)13-14-4-6-15(20)7-5-14/h1,4-7H,3,8-13H2,(H,21,27). The molecule has 8 heteroatoms. The highest BCUT2D eigenvalue weighted by molar-refractivity contribution is 6.39. The molecule has 2 amide bonds. The molecule has 0 unspecified atom stereocenters. The summed E-state index contributed by atoms with van der Waals surface area (Å²) in [5, 5.41) is 16.3. The molecule has 0 bridgehead atoms. The van der Waals surface area contributed by atoms with E-state index in [9.17, 15) is 14.0 Å². The second-order valence-electron chi connectivity index (χ2n) is 6.52. The van der Waals surface area contributed by atoms with Gasteiger partial charge in [0.2, 0.25) is 5.91 Å². The summed E-state index contributed by atoms with van der Waals surface area (Å²) in [5.74, 6) is 1.74. The zero-order valence-corrected chi connectivity index (χ0v) is 14.8. The highest BCUT2D eigenvalue weighted by Gasteiger charge is 2.38. The van der Waals surface area contributed by atoms with Gasteiger partial charge in [-0.1, -0.05) is 12.1 Å². The second kappa shape index (κ2) is 8.08. The van der Waals surface area contributed by atoms with Gasteiger partial charge in [0, 0.05) is 38.6 Å². The molecule has 2 heterocycles. The summed E-state index contributed by atoms with van der Waals surface area (Å²) >= 11 is 0. The Balaban J connectivity index is 1.53. The molecule has 0 fully saturated rings. The van der Waals surface area contributed by atoms with Crippen LogP contribution in [0, 0.1) is 18.2 Å². The van der Waals surface area contributed by atoms with Gasteiger partial charge in [-0.05, 0) is 17.7 Å². The minimum absolute atomic E-state index is 0.167. The Morgan fingerprint density at radius 2 is 2.00 bits per heavy atom. The summed E-state index contributed by atoms with van der Waals surface area (Å²) in [5.41, 5.74) is 0.597. The number of nitrogens with one attached hydrogen (secondary N) is 1. The van der Waals surface area contributed by atoms with E-state index in [4.69, 9.17) is 6.42 Å². The molecule has 1 aromatic carbocycles. The van der Waals surface area contributed by atoms with Crippen molar-refractivity contribution in [1.82, 2.24) is 10.3 Å². The second-order valence-corrected chi connectivity index (χ2v) is 6.52. The number of nitrogens with zero attached hydrogens (tertiary/aromatic N) is 4. The predicted molar refractivity (Wildman–Crippen MR) is 96.9 cm³/mol. The molecule has 0 aliphatic carbocycles. The molecule has 0 spiro atoms. The molecule has 0 saturated heterocycles. The van der Waals surface area contributed by atoms with Crippen molar-refractivity contribution in [2.45, 2.75) is 44.3 Å². The van der Waals surface area contributed by atoms with Crippen LogP contribution in [-0.2, 0) is 16.1 Å². The highest BCUT2D eigenvalue weighted by atomic mass is 19.1. The Labute approximate surface area is 156 Å². The van der Waals surface area contributed by atoms with Gasteiger partial charge < -0.3 is 5.32 Å². The Hall–Kier alpha value is -3.08. The van der Waals surface area contributed by atoms with E-state index in [2.05, 4.69) is 26.6 Å². The van der Waals surface area contributed by atoms with E-state index in [1.165, 1.54) is 17.1 Å². The zero-order chi connectivity index (χ0) is 19.3. The third kappa shape index (κ3) is 4.97. The lowest BCUT2D eigenvalue weighted by atomic mass is 10.0. The number of halogens is 1. The van der Waals surface area contributed by atoms with Crippen molar-refractivity contribution in [3.63, 3.8) is 0 Å². The number of hydrogen-bond acceptors (Lipinski definition) is 5. The zero-order valence-electron chi connectivity index (χ0n) is 14.8. The quantitative estimate of drug-likeness (QED) is 0.713. The average Bonchev–Trinajstić information content (AvgIpc) is 3.43. The molecule has 140 valence electrons. The largest absolute Gasteiger partial charge is 0.351 e. The SMILES string of the molecule is C#CCCC1(CCNC(=O)C2=NN(Cc3ccc(F)cc3)C(=O)CC2)N=N1. The number of benzene rings is 1. The topological polar surface area (TPSA) is 86.5 Å². The lowest BCUT2D eigenvalue weighted by molar-refractivity contribution is -0.132. The lowest BCUT2D eigenvalue weighted by Crippen LogP contribution is -2.39. The van der Waals surface area contributed by atoms with Crippen LogP contribution in [0.15, 0.2) is 39.6 Å². The molecule has 3 rings (SSSR count). The van der Waals surface area contributed by atoms with Gasteiger partial charge in [0.05, 0.1) is 6.54 Å². The average molecular weight is 369 g/mol. The van der Waals surface area contributed by atoms with Gasteiger partial charge in [0.15, 0.2) is 5.66 Å². The first kappa shape index (κ1) is 18.7. The van der Waals surface area contributed by atoms with Gasteiger partial charge >= 0.3 is 0 Å². The van der Waals surface area contributed by atoms with E-state index in [0.29, 0.717) is 37.9 Å². The van der Waals surface area contributed by atoms with E-state index in [1.54, 1.807) is 12.1 Å². The number of hydrazone groups is 1. The molecule has 0 aromatic heterocycles. The molecule has 27 heavy (non-hydrogen) atoms. The summed E-state index contributed by atoms with van der Waals surface area (Å²) in [6.45, 7) is 0.601.